The molecule has 0 aliphatic heterocycles. The molecular formula is C12H18N2O3S. The van der Waals surface area contributed by atoms with Crippen LogP contribution in [-0.4, -0.2) is 42.3 Å². The first-order chi connectivity index (χ1) is 8.61. The molecule has 0 radical (unpaired) electrons. The van der Waals surface area contributed by atoms with Crippen molar-refractivity contribution in [2.75, 3.05) is 37.5 Å². The number of hydrogen-bond donors (Lipinski definition) is 2. The Bertz CT molecular complexity index is 424. The van der Waals surface area contributed by atoms with Crippen LogP contribution in [0.15, 0.2) is 24.3 Å². The Balaban J connectivity index is 2.33. The maximum absolute atomic E-state index is 11.6. The summed E-state index contributed by atoms with van der Waals surface area (Å²) in [6.45, 7) is 0.767. The van der Waals surface area contributed by atoms with E-state index >= 15 is 0 Å². The SMILES string of the molecule is COc1cccc(NC(=O)CNCCS(C)=O)c1. The molecule has 1 amide bonds. The molecule has 0 fully saturated rings. The third kappa shape index (κ3) is 5.79. The Labute approximate surface area is 109 Å². The van der Waals surface area contributed by atoms with Crippen molar-refractivity contribution < 1.29 is 13.7 Å². The number of anilines is 1. The quantitative estimate of drug-likeness (QED) is 0.712. The molecule has 0 bridgehead atoms. The molecule has 18 heavy (non-hydrogen) atoms. The maximum atomic E-state index is 11.6. The molecule has 0 aromatic heterocycles. The van der Waals surface area contributed by atoms with Gasteiger partial charge in [0, 0.05) is 41.1 Å². The molecule has 2 N–H and O–H groups in total. The molecule has 0 saturated heterocycles. The molecule has 0 aliphatic rings. The summed E-state index contributed by atoms with van der Waals surface area (Å²) < 4.78 is 15.9. The summed E-state index contributed by atoms with van der Waals surface area (Å²) in [5, 5.41) is 5.68. The Morgan fingerprint density at radius 3 is 2.89 bits per heavy atom. The molecule has 0 spiro atoms. The van der Waals surface area contributed by atoms with Crippen LogP contribution in [0.1, 0.15) is 0 Å². The summed E-state index contributed by atoms with van der Waals surface area (Å²) in [5.74, 6) is 1.11. The molecule has 6 heteroatoms. The van der Waals surface area contributed by atoms with Crippen LogP contribution in [0.3, 0.4) is 0 Å². The average molecular weight is 270 g/mol. The highest BCUT2D eigenvalue weighted by Crippen LogP contribution is 2.16. The largest absolute Gasteiger partial charge is 0.497 e. The molecule has 1 atom stereocenters. The predicted molar refractivity (Wildman–Crippen MR) is 73.4 cm³/mol. The fourth-order valence-electron chi connectivity index (χ4n) is 1.32. The Morgan fingerprint density at radius 1 is 1.44 bits per heavy atom. The van der Waals surface area contributed by atoms with Crippen LogP contribution < -0.4 is 15.4 Å². The lowest BCUT2D eigenvalue weighted by atomic mass is 10.3. The van der Waals surface area contributed by atoms with E-state index in [-0.39, 0.29) is 12.5 Å². The fourth-order valence-corrected chi connectivity index (χ4v) is 1.76. The molecule has 1 unspecified atom stereocenters. The van der Waals surface area contributed by atoms with Gasteiger partial charge in [-0.1, -0.05) is 6.07 Å². The van der Waals surface area contributed by atoms with Crippen molar-refractivity contribution in [2.24, 2.45) is 0 Å². The van der Waals surface area contributed by atoms with Crippen molar-refractivity contribution >= 4 is 22.4 Å². The lowest BCUT2D eigenvalue weighted by Crippen LogP contribution is -2.30. The molecule has 100 valence electrons. The minimum Gasteiger partial charge on any atom is -0.497 e. The van der Waals surface area contributed by atoms with Crippen LogP contribution in [0.5, 0.6) is 5.75 Å². The van der Waals surface area contributed by atoms with Crippen LogP contribution >= 0.6 is 0 Å². The van der Waals surface area contributed by atoms with E-state index in [0.29, 0.717) is 23.7 Å². The second kappa shape index (κ2) is 7.84. The van der Waals surface area contributed by atoms with E-state index in [2.05, 4.69) is 10.6 Å². The molecule has 0 heterocycles. The Morgan fingerprint density at radius 2 is 2.22 bits per heavy atom. The van der Waals surface area contributed by atoms with E-state index in [9.17, 15) is 9.00 Å². The van der Waals surface area contributed by atoms with E-state index in [1.54, 1.807) is 25.5 Å². The molecule has 5 nitrogen and oxygen atoms in total. The number of nitrogens with one attached hydrogen (secondary N) is 2. The molecule has 1 aromatic carbocycles. The Kier molecular flexibility index (Phi) is 6.38. The van der Waals surface area contributed by atoms with E-state index in [1.165, 1.54) is 0 Å². The minimum atomic E-state index is -0.833. The van der Waals surface area contributed by atoms with Crippen molar-refractivity contribution in [3.05, 3.63) is 24.3 Å². The highest BCUT2D eigenvalue weighted by molar-refractivity contribution is 7.84. The van der Waals surface area contributed by atoms with E-state index < -0.39 is 10.8 Å². The molecule has 1 rings (SSSR count). The lowest BCUT2D eigenvalue weighted by Gasteiger charge is -2.07. The highest BCUT2D eigenvalue weighted by Gasteiger charge is 2.02. The second-order valence-corrected chi connectivity index (χ2v) is 5.29. The number of benzene rings is 1. The van der Waals surface area contributed by atoms with Crippen LogP contribution in [0.2, 0.25) is 0 Å². The lowest BCUT2D eigenvalue weighted by molar-refractivity contribution is -0.115. The Hall–Kier alpha value is -1.40. The normalized spacial score (nSPS) is 11.9. The molecule has 0 saturated carbocycles. The van der Waals surface area contributed by atoms with Gasteiger partial charge in [-0.25, -0.2) is 0 Å². The zero-order valence-electron chi connectivity index (χ0n) is 10.6. The third-order valence-corrected chi connectivity index (χ3v) is 2.98. The van der Waals surface area contributed by atoms with Crippen LogP contribution in [0, 0.1) is 0 Å². The second-order valence-electron chi connectivity index (χ2n) is 3.73. The van der Waals surface area contributed by atoms with Crippen molar-refractivity contribution in [1.82, 2.24) is 5.32 Å². The van der Waals surface area contributed by atoms with Gasteiger partial charge < -0.3 is 15.4 Å². The third-order valence-electron chi connectivity index (χ3n) is 2.21. The number of rotatable bonds is 7. The van der Waals surface area contributed by atoms with Crippen LogP contribution in [-0.2, 0) is 15.6 Å². The van der Waals surface area contributed by atoms with Gasteiger partial charge in [0.1, 0.15) is 5.75 Å². The van der Waals surface area contributed by atoms with Gasteiger partial charge in [0.25, 0.3) is 0 Å². The summed E-state index contributed by atoms with van der Waals surface area (Å²) in [6, 6.07) is 7.16. The predicted octanol–water partition coefficient (Wildman–Crippen LogP) is 0.602. The van der Waals surface area contributed by atoms with Gasteiger partial charge in [-0.15, -0.1) is 0 Å². The summed E-state index contributed by atoms with van der Waals surface area (Å²) in [6.07, 6.45) is 1.64. The summed E-state index contributed by atoms with van der Waals surface area (Å²) in [7, 11) is 0.743. The number of carbonyl (C=O) groups is 1. The molecular weight excluding hydrogens is 252 g/mol. The standard InChI is InChI=1S/C12H18N2O3S/c1-17-11-5-3-4-10(8-11)14-12(15)9-13-6-7-18(2)16/h3-5,8,13H,6-7,9H2,1-2H3,(H,14,15). The number of ether oxygens (including phenoxy) is 1. The topological polar surface area (TPSA) is 67.4 Å². The van der Waals surface area contributed by atoms with E-state index in [4.69, 9.17) is 4.74 Å². The number of amides is 1. The first kappa shape index (κ1) is 14.7. The van der Waals surface area contributed by atoms with Crippen LogP contribution in [0.25, 0.3) is 0 Å². The van der Waals surface area contributed by atoms with Crippen LogP contribution in [0.4, 0.5) is 5.69 Å². The number of hydrogen-bond acceptors (Lipinski definition) is 4. The van der Waals surface area contributed by atoms with Gasteiger partial charge >= 0.3 is 0 Å². The maximum Gasteiger partial charge on any atom is 0.238 e. The molecule has 0 aliphatic carbocycles. The van der Waals surface area contributed by atoms with Gasteiger partial charge in [0.2, 0.25) is 5.91 Å². The van der Waals surface area contributed by atoms with Crippen molar-refractivity contribution in [3.8, 4) is 5.75 Å². The van der Waals surface area contributed by atoms with Gasteiger partial charge in [-0.2, -0.15) is 0 Å². The van der Waals surface area contributed by atoms with Crippen molar-refractivity contribution in [2.45, 2.75) is 0 Å². The smallest absolute Gasteiger partial charge is 0.238 e. The minimum absolute atomic E-state index is 0.134. The first-order valence-corrected chi connectivity index (χ1v) is 7.29. The monoisotopic (exact) mass is 270 g/mol. The average Bonchev–Trinajstić information content (AvgIpc) is 2.34. The van der Waals surface area contributed by atoms with Gasteiger partial charge in [0.05, 0.1) is 13.7 Å². The van der Waals surface area contributed by atoms with E-state index in [0.717, 1.165) is 0 Å². The zero-order chi connectivity index (χ0) is 13.4. The fraction of sp³-hybridized carbons (Fsp3) is 0.417. The molecule has 1 aromatic rings. The highest BCUT2D eigenvalue weighted by atomic mass is 32.2. The van der Waals surface area contributed by atoms with Crippen molar-refractivity contribution in [1.29, 1.82) is 0 Å². The first-order valence-electron chi connectivity index (χ1n) is 5.56. The summed E-state index contributed by atoms with van der Waals surface area (Å²) in [4.78, 5) is 11.6. The van der Waals surface area contributed by atoms with Gasteiger partial charge in [0.15, 0.2) is 0 Å². The zero-order valence-corrected chi connectivity index (χ0v) is 11.4. The van der Waals surface area contributed by atoms with Crippen molar-refractivity contribution in [3.63, 3.8) is 0 Å². The van der Waals surface area contributed by atoms with Gasteiger partial charge in [-0.3, -0.25) is 9.00 Å². The van der Waals surface area contributed by atoms with Gasteiger partial charge in [-0.05, 0) is 12.1 Å². The number of carbonyl (C=O) groups excluding carboxylic acids is 1. The van der Waals surface area contributed by atoms with E-state index in [1.807, 2.05) is 12.1 Å². The summed E-state index contributed by atoms with van der Waals surface area (Å²) in [5.41, 5.74) is 0.695. The number of methoxy groups -OCH3 is 1. The summed E-state index contributed by atoms with van der Waals surface area (Å²) >= 11 is 0.